The summed E-state index contributed by atoms with van der Waals surface area (Å²) in [6.07, 6.45) is 2.23. The van der Waals surface area contributed by atoms with E-state index in [1.165, 1.54) is 11.1 Å². The van der Waals surface area contributed by atoms with Crippen molar-refractivity contribution in [3.8, 4) is 0 Å². The van der Waals surface area contributed by atoms with Gasteiger partial charge in [-0.25, -0.2) is 0 Å². The van der Waals surface area contributed by atoms with E-state index in [-0.39, 0.29) is 18.4 Å². The van der Waals surface area contributed by atoms with Crippen LogP contribution in [-0.4, -0.2) is 57.0 Å². The molecule has 1 fully saturated rings. The summed E-state index contributed by atoms with van der Waals surface area (Å²) in [4.78, 5) is 16.6. The Balaban J connectivity index is 1.69. The minimum Gasteiger partial charge on any atom is -0.335 e. The number of hydrogen-bond donors (Lipinski definition) is 1. The average molecular weight is 314 g/mol. The minimum absolute atomic E-state index is 0.0614. The maximum Gasteiger partial charge on any atom is 0.230 e. The summed E-state index contributed by atoms with van der Waals surface area (Å²) in [6.45, 7) is 1.71. The van der Waals surface area contributed by atoms with Gasteiger partial charge >= 0.3 is 0 Å². The molecule has 3 rings (SSSR count). The Bertz CT molecular complexity index is 637. The van der Waals surface area contributed by atoms with E-state index in [4.69, 9.17) is 0 Å². The fourth-order valence-corrected chi connectivity index (χ4v) is 3.12. The molecule has 1 aliphatic heterocycles. The molecule has 0 saturated carbocycles. The predicted octanol–water partition coefficient (Wildman–Crippen LogP) is 1.17. The van der Waals surface area contributed by atoms with Crippen molar-refractivity contribution in [2.24, 2.45) is 0 Å². The van der Waals surface area contributed by atoms with Crippen molar-refractivity contribution in [3.63, 3.8) is 0 Å². The molecule has 23 heavy (non-hydrogen) atoms. The van der Waals surface area contributed by atoms with Crippen molar-refractivity contribution < 1.29 is 4.79 Å². The number of likely N-dealkylation sites (tertiary alicyclic amines) is 1. The number of benzene rings is 1. The van der Waals surface area contributed by atoms with Gasteiger partial charge in [-0.05, 0) is 38.1 Å². The molecule has 0 bridgehead atoms. The highest BCUT2D eigenvalue weighted by molar-refractivity contribution is 5.78. The van der Waals surface area contributed by atoms with E-state index in [0.29, 0.717) is 5.82 Å². The summed E-state index contributed by atoms with van der Waals surface area (Å²) < 4.78 is 0. The fourth-order valence-electron chi connectivity index (χ4n) is 3.12. The number of nitrogens with zero attached hydrogens (tertiary/aromatic N) is 5. The molecule has 7 nitrogen and oxygen atoms in total. The van der Waals surface area contributed by atoms with Crippen LogP contribution in [0.25, 0.3) is 0 Å². The summed E-state index contributed by atoms with van der Waals surface area (Å²) in [7, 11) is 4.12. The van der Waals surface area contributed by atoms with Gasteiger partial charge in [0.15, 0.2) is 5.82 Å². The normalized spacial score (nSPS) is 17.9. The number of aromatic amines is 1. The van der Waals surface area contributed by atoms with Gasteiger partial charge in [-0.2, -0.15) is 5.21 Å². The Hall–Kier alpha value is -2.28. The monoisotopic (exact) mass is 314 g/mol. The lowest BCUT2D eigenvalue weighted by Crippen LogP contribution is -2.32. The van der Waals surface area contributed by atoms with Crippen LogP contribution >= 0.6 is 0 Å². The lowest BCUT2D eigenvalue weighted by Gasteiger charge is -2.25. The number of aromatic nitrogens is 4. The number of rotatable bonds is 5. The first-order valence-corrected chi connectivity index (χ1v) is 7.89. The zero-order valence-electron chi connectivity index (χ0n) is 13.6. The van der Waals surface area contributed by atoms with Crippen molar-refractivity contribution in [1.82, 2.24) is 30.4 Å². The number of nitrogens with one attached hydrogen (secondary N) is 1. The minimum atomic E-state index is 0.0614. The van der Waals surface area contributed by atoms with Crippen LogP contribution in [-0.2, 0) is 17.8 Å². The third-order valence-electron chi connectivity index (χ3n) is 4.13. The lowest BCUT2D eigenvalue weighted by atomic mass is 10.0. The van der Waals surface area contributed by atoms with E-state index in [0.717, 1.165) is 25.9 Å². The number of H-pyrrole nitrogens is 1. The Labute approximate surface area is 135 Å². The van der Waals surface area contributed by atoms with E-state index in [1.807, 2.05) is 4.90 Å². The van der Waals surface area contributed by atoms with E-state index in [1.54, 1.807) is 0 Å². The summed E-state index contributed by atoms with van der Waals surface area (Å²) >= 11 is 0. The van der Waals surface area contributed by atoms with Crippen LogP contribution in [0.4, 0.5) is 0 Å². The van der Waals surface area contributed by atoms with Crippen molar-refractivity contribution in [2.45, 2.75) is 31.8 Å². The molecule has 1 amide bonds. The molecule has 0 radical (unpaired) electrons. The SMILES string of the molecule is CN(C)Cc1ccc(C2CCCN2C(=O)Cc2nn[nH]n2)cc1. The van der Waals surface area contributed by atoms with Gasteiger partial charge in [-0.15, -0.1) is 10.2 Å². The van der Waals surface area contributed by atoms with Crippen LogP contribution in [0.15, 0.2) is 24.3 Å². The van der Waals surface area contributed by atoms with E-state index >= 15 is 0 Å². The highest BCUT2D eigenvalue weighted by Gasteiger charge is 2.30. The van der Waals surface area contributed by atoms with Crippen LogP contribution in [0.5, 0.6) is 0 Å². The smallest absolute Gasteiger partial charge is 0.230 e. The maximum atomic E-state index is 12.5. The van der Waals surface area contributed by atoms with Gasteiger partial charge in [-0.1, -0.05) is 29.5 Å². The van der Waals surface area contributed by atoms with Gasteiger partial charge in [0.1, 0.15) is 0 Å². The molecule has 1 N–H and O–H groups in total. The van der Waals surface area contributed by atoms with Crippen molar-refractivity contribution in [1.29, 1.82) is 0 Å². The number of amides is 1. The molecule has 2 heterocycles. The molecular weight excluding hydrogens is 292 g/mol. The molecule has 1 saturated heterocycles. The number of carbonyl (C=O) groups is 1. The highest BCUT2D eigenvalue weighted by Crippen LogP contribution is 2.32. The van der Waals surface area contributed by atoms with Crippen LogP contribution < -0.4 is 0 Å². The van der Waals surface area contributed by atoms with Gasteiger partial charge in [0.2, 0.25) is 5.91 Å². The first-order valence-electron chi connectivity index (χ1n) is 7.89. The predicted molar refractivity (Wildman–Crippen MR) is 85.4 cm³/mol. The molecule has 0 aliphatic carbocycles. The third-order valence-corrected chi connectivity index (χ3v) is 4.13. The van der Waals surface area contributed by atoms with E-state index in [9.17, 15) is 4.79 Å². The summed E-state index contributed by atoms with van der Waals surface area (Å²) in [5.74, 6) is 0.508. The quantitative estimate of drug-likeness (QED) is 0.896. The molecule has 0 spiro atoms. The number of carbonyl (C=O) groups excluding carboxylic acids is 1. The maximum absolute atomic E-state index is 12.5. The van der Waals surface area contributed by atoms with Gasteiger partial charge in [0, 0.05) is 13.1 Å². The molecule has 1 aliphatic rings. The van der Waals surface area contributed by atoms with Gasteiger partial charge < -0.3 is 9.80 Å². The Morgan fingerprint density at radius 2 is 2.13 bits per heavy atom. The first kappa shape index (κ1) is 15.6. The zero-order chi connectivity index (χ0) is 16.2. The van der Waals surface area contributed by atoms with E-state index in [2.05, 4.69) is 63.9 Å². The van der Waals surface area contributed by atoms with Crippen LogP contribution in [0.2, 0.25) is 0 Å². The highest BCUT2D eigenvalue weighted by atomic mass is 16.2. The summed E-state index contributed by atoms with van der Waals surface area (Å²) in [6, 6.07) is 8.74. The Morgan fingerprint density at radius 1 is 1.35 bits per heavy atom. The molecule has 7 heteroatoms. The second-order valence-electron chi connectivity index (χ2n) is 6.23. The van der Waals surface area contributed by atoms with E-state index < -0.39 is 0 Å². The second kappa shape index (κ2) is 6.87. The van der Waals surface area contributed by atoms with Crippen LogP contribution in [0, 0.1) is 0 Å². The molecule has 1 aromatic carbocycles. The topological polar surface area (TPSA) is 78.0 Å². The van der Waals surface area contributed by atoms with Crippen molar-refractivity contribution >= 4 is 5.91 Å². The standard InChI is InChI=1S/C16H22N6O/c1-21(2)11-12-5-7-13(8-6-12)14-4-3-9-22(14)16(23)10-15-17-19-20-18-15/h5-8,14H,3-4,9-11H2,1-2H3,(H,17,18,19,20). The molecule has 2 aromatic rings. The Kier molecular flexibility index (Phi) is 4.66. The zero-order valence-corrected chi connectivity index (χ0v) is 13.6. The third kappa shape index (κ3) is 3.73. The van der Waals surface area contributed by atoms with Crippen LogP contribution in [0.3, 0.4) is 0 Å². The molecule has 1 unspecified atom stereocenters. The summed E-state index contributed by atoms with van der Waals surface area (Å²) in [5, 5.41) is 13.6. The number of tetrazole rings is 1. The second-order valence-corrected chi connectivity index (χ2v) is 6.23. The lowest BCUT2D eigenvalue weighted by molar-refractivity contribution is -0.131. The van der Waals surface area contributed by atoms with Crippen LogP contribution in [0.1, 0.15) is 35.8 Å². The molecule has 1 aromatic heterocycles. The van der Waals surface area contributed by atoms with Crippen molar-refractivity contribution in [3.05, 3.63) is 41.2 Å². The average Bonchev–Trinajstić information content (AvgIpc) is 3.18. The largest absolute Gasteiger partial charge is 0.335 e. The first-order chi connectivity index (χ1) is 11.1. The van der Waals surface area contributed by atoms with Gasteiger partial charge in [0.05, 0.1) is 12.5 Å². The van der Waals surface area contributed by atoms with Gasteiger partial charge in [-0.3, -0.25) is 4.79 Å². The Morgan fingerprint density at radius 3 is 2.78 bits per heavy atom. The molecule has 122 valence electrons. The molecular formula is C16H22N6O. The van der Waals surface area contributed by atoms with Crippen molar-refractivity contribution in [2.75, 3.05) is 20.6 Å². The summed E-state index contributed by atoms with van der Waals surface area (Å²) in [5.41, 5.74) is 2.48. The van der Waals surface area contributed by atoms with Gasteiger partial charge in [0.25, 0.3) is 0 Å². The fraction of sp³-hybridized carbons (Fsp3) is 0.500. The molecule has 1 atom stereocenters. The number of hydrogen-bond acceptors (Lipinski definition) is 5.